The second kappa shape index (κ2) is 8.66. The molecule has 144 valence electrons. The number of aliphatic imine (C=N–C) groups is 1. The van der Waals surface area contributed by atoms with Crippen molar-refractivity contribution in [3.05, 3.63) is 47.5 Å². The van der Waals surface area contributed by atoms with E-state index in [1.54, 1.807) is 18.1 Å². The highest BCUT2D eigenvalue weighted by Crippen LogP contribution is 2.15. The Morgan fingerprint density at radius 2 is 2.19 bits per heavy atom. The molecule has 0 atom stereocenters. The van der Waals surface area contributed by atoms with Gasteiger partial charge in [-0.1, -0.05) is 24.3 Å². The zero-order valence-electron chi connectivity index (χ0n) is 16.2. The topological polar surface area (TPSA) is 78.7 Å². The van der Waals surface area contributed by atoms with Crippen LogP contribution in [0.1, 0.15) is 29.8 Å². The summed E-state index contributed by atoms with van der Waals surface area (Å²) < 4.78 is 1.76. The molecule has 2 aromatic rings. The lowest BCUT2D eigenvalue weighted by atomic mass is 10.1. The summed E-state index contributed by atoms with van der Waals surface area (Å²) in [4.78, 5) is 24.4. The molecule has 0 radical (unpaired) electrons. The number of hydrogen-bond donors (Lipinski definition) is 1. The maximum absolute atomic E-state index is 11.8. The minimum atomic E-state index is 0.254. The van der Waals surface area contributed by atoms with Crippen molar-refractivity contribution in [1.29, 1.82) is 0 Å². The van der Waals surface area contributed by atoms with Crippen molar-refractivity contribution in [2.24, 2.45) is 12.0 Å². The number of guanidine groups is 1. The van der Waals surface area contributed by atoms with Gasteiger partial charge in [-0.3, -0.25) is 14.5 Å². The molecule has 2 heterocycles. The van der Waals surface area contributed by atoms with Gasteiger partial charge in [0.05, 0.1) is 6.54 Å². The van der Waals surface area contributed by atoms with Gasteiger partial charge >= 0.3 is 0 Å². The average molecular weight is 369 g/mol. The molecule has 0 spiro atoms. The molecule has 0 aliphatic carbocycles. The van der Waals surface area contributed by atoms with Crippen LogP contribution in [0.2, 0.25) is 0 Å². The Bertz CT molecular complexity index is 814. The van der Waals surface area contributed by atoms with Gasteiger partial charge in [-0.05, 0) is 17.5 Å². The van der Waals surface area contributed by atoms with Crippen LogP contribution in [-0.4, -0.2) is 57.1 Å². The van der Waals surface area contributed by atoms with Gasteiger partial charge in [-0.15, -0.1) is 0 Å². The zero-order chi connectivity index (χ0) is 19.2. The summed E-state index contributed by atoms with van der Waals surface area (Å²) in [7, 11) is 5.62. The molecule has 1 aromatic carbocycles. The molecule has 1 fully saturated rings. The van der Waals surface area contributed by atoms with Gasteiger partial charge in [-0.2, -0.15) is 5.10 Å². The van der Waals surface area contributed by atoms with Gasteiger partial charge in [0.25, 0.3) is 0 Å². The second-order valence-electron chi connectivity index (χ2n) is 6.80. The van der Waals surface area contributed by atoms with Gasteiger partial charge < -0.3 is 15.1 Å². The van der Waals surface area contributed by atoms with E-state index in [1.165, 1.54) is 0 Å². The minimum absolute atomic E-state index is 0.254. The van der Waals surface area contributed by atoms with Crippen molar-refractivity contribution in [3.8, 4) is 0 Å². The standard InChI is InChI=1S/C19H27N7O/c1-20-19(24(2)13-17-22-14-23-25(17)3)21-11-15-6-4-7-16(10-15)12-26-9-5-8-18(26)27/h4,6-7,10,14H,5,8-9,11-13H2,1-3H3,(H,20,21). The predicted octanol–water partition coefficient (Wildman–Crippen LogP) is 1.14. The van der Waals surface area contributed by atoms with Crippen LogP contribution in [0.5, 0.6) is 0 Å². The summed E-state index contributed by atoms with van der Waals surface area (Å²) in [6.07, 6.45) is 3.19. The Labute approximate surface area is 159 Å². The summed E-state index contributed by atoms with van der Waals surface area (Å²) in [6, 6.07) is 8.34. The molecule has 1 saturated heterocycles. The molecule has 1 aliphatic heterocycles. The number of aryl methyl sites for hydroxylation is 1. The predicted molar refractivity (Wildman–Crippen MR) is 104 cm³/mol. The number of benzene rings is 1. The molecular formula is C19H27N7O. The summed E-state index contributed by atoms with van der Waals surface area (Å²) >= 11 is 0. The molecule has 0 bridgehead atoms. The van der Waals surface area contributed by atoms with Gasteiger partial charge in [0.15, 0.2) is 5.96 Å². The van der Waals surface area contributed by atoms with E-state index in [-0.39, 0.29) is 5.91 Å². The van der Waals surface area contributed by atoms with Gasteiger partial charge in [0.1, 0.15) is 12.2 Å². The molecule has 27 heavy (non-hydrogen) atoms. The van der Waals surface area contributed by atoms with Gasteiger partial charge in [0.2, 0.25) is 5.91 Å². The van der Waals surface area contributed by atoms with Gasteiger partial charge in [-0.25, -0.2) is 4.98 Å². The first-order chi connectivity index (χ1) is 13.1. The molecule has 0 unspecified atom stereocenters. The third-order valence-electron chi connectivity index (χ3n) is 4.74. The molecular weight excluding hydrogens is 342 g/mol. The van der Waals surface area contributed by atoms with E-state index in [2.05, 4.69) is 38.6 Å². The molecule has 1 aliphatic rings. The van der Waals surface area contributed by atoms with E-state index in [9.17, 15) is 4.79 Å². The number of rotatable bonds is 6. The minimum Gasteiger partial charge on any atom is -0.352 e. The molecule has 8 heteroatoms. The van der Waals surface area contributed by atoms with Crippen LogP contribution in [0.15, 0.2) is 35.6 Å². The summed E-state index contributed by atoms with van der Waals surface area (Å²) in [5.74, 6) is 1.92. The lowest BCUT2D eigenvalue weighted by Gasteiger charge is -2.22. The Morgan fingerprint density at radius 1 is 1.37 bits per heavy atom. The highest BCUT2D eigenvalue weighted by Gasteiger charge is 2.20. The highest BCUT2D eigenvalue weighted by molar-refractivity contribution is 5.79. The van der Waals surface area contributed by atoms with Crippen LogP contribution >= 0.6 is 0 Å². The highest BCUT2D eigenvalue weighted by atomic mass is 16.2. The number of nitrogens with one attached hydrogen (secondary N) is 1. The van der Waals surface area contributed by atoms with Crippen LogP contribution in [-0.2, 0) is 31.5 Å². The van der Waals surface area contributed by atoms with Gasteiger partial charge in [0, 0.05) is 47.2 Å². The Hall–Kier alpha value is -2.90. The third kappa shape index (κ3) is 4.84. The number of likely N-dealkylation sites (tertiary alicyclic amines) is 1. The Kier molecular flexibility index (Phi) is 6.05. The average Bonchev–Trinajstić information content (AvgIpc) is 3.24. The van der Waals surface area contributed by atoms with Crippen molar-refractivity contribution < 1.29 is 4.79 Å². The number of carbonyl (C=O) groups is 1. The number of hydrogen-bond acceptors (Lipinski definition) is 4. The van der Waals surface area contributed by atoms with E-state index in [4.69, 9.17) is 0 Å². The largest absolute Gasteiger partial charge is 0.352 e. The SMILES string of the molecule is CN=C(NCc1cccc(CN2CCCC2=O)c1)N(C)Cc1ncnn1C. The Balaban J connectivity index is 1.57. The fraction of sp³-hybridized carbons (Fsp3) is 0.474. The van der Waals surface area contributed by atoms with E-state index in [1.807, 2.05) is 30.0 Å². The van der Waals surface area contributed by atoms with E-state index in [0.29, 0.717) is 26.1 Å². The molecule has 0 saturated carbocycles. The molecule has 1 N–H and O–H groups in total. The second-order valence-corrected chi connectivity index (χ2v) is 6.80. The number of carbonyl (C=O) groups excluding carboxylic acids is 1. The summed E-state index contributed by atoms with van der Waals surface area (Å²) in [5.41, 5.74) is 2.32. The third-order valence-corrected chi connectivity index (χ3v) is 4.74. The van der Waals surface area contributed by atoms with E-state index >= 15 is 0 Å². The molecule has 8 nitrogen and oxygen atoms in total. The molecule has 3 rings (SSSR count). The molecule has 1 amide bonds. The van der Waals surface area contributed by atoms with E-state index < -0.39 is 0 Å². The lowest BCUT2D eigenvalue weighted by Crippen LogP contribution is -2.38. The van der Waals surface area contributed by atoms with Crippen LogP contribution in [0.4, 0.5) is 0 Å². The summed E-state index contributed by atoms with van der Waals surface area (Å²) in [6.45, 7) is 2.83. The molecule has 1 aromatic heterocycles. The van der Waals surface area contributed by atoms with Crippen LogP contribution in [0.3, 0.4) is 0 Å². The van der Waals surface area contributed by atoms with Crippen molar-refractivity contribution >= 4 is 11.9 Å². The van der Waals surface area contributed by atoms with Crippen molar-refractivity contribution in [1.82, 2.24) is 29.9 Å². The fourth-order valence-electron chi connectivity index (χ4n) is 3.25. The van der Waals surface area contributed by atoms with Crippen LogP contribution in [0.25, 0.3) is 0 Å². The quantitative estimate of drug-likeness (QED) is 0.610. The normalized spacial score (nSPS) is 14.7. The monoisotopic (exact) mass is 369 g/mol. The maximum Gasteiger partial charge on any atom is 0.222 e. The van der Waals surface area contributed by atoms with E-state index in [0.717, 1.165) is 35.9 Å². The van der Waals surface area contributed by atoms with Crippen molar-refractivity contribution in [3.63, 3.8) is 0 Å². The number of amides is 1. The first kappa shape index (κ1) is 18.9. The Morgan fingerprint density at radius 3 is 2.85 bits per heavy atom. The van der Waals surface area contributed by atoms with Crippen molar-refractivity contribution in [2.75, 3.05) is 20.6 Å². The lowest BCUT2D eigenvalue weighted by molar-refractivity contribution is -0.128. The smallest absolute Gasteiger partial charge is 0.222 e. The fourth-order valence-corrected chi connectivity index (χ4v) is 3.25. The number of nitrogens with zero attached hydrogens (tertiary/aromatic N) is 6. The zero-order valence-corrected chi connectivity index (χ0v) is 16.2. The first-order valence-electron chi connectivity index (χ1n) is 9.17. The van der Waals surface area contributed by atoms with Crippen LogP contribution < -0.4 is 5.32 Å². The van der Waals surface area contributed by atoms with Crippen LogP contribution in [0, 0.1) is 0 Å². The first-order valence-corrected chi connectivity index (χ1v) is 9.17. The number of aromatic nitrogens is 3. The maximum atomic E-state index is 11.8. The van der Waals surface area contributed by atoms with Crippen molar-refractivity contribution in [2.45, 2.75) is 32.5 Å². The summed E-state index contributed by atoms with van der Waals surface area (Å²) in [5, 5.41) is 7.48.